The molecule has 1 aromatic heterocycles. The Bertz CT molecular complexity index is 440. The molecule has 0 aliphatic rings. The van der Waals surface area contributed by atoms with Gasteiger partial charge >= 0.3 is 0 Å². The predicted molar refractivity (Wildman–Crippen MR) is 63.7 cm³/mol. The largest absolute Gasteiger partial charge is 0.366 e. The Morgan fingerprint density at radius 3 is 2.88 bits per heavy atom. The predicted octanol–water partition coefficient (Wildman–Crippen LogP) is 2.07. The molecule has 16 heavy (non-hydrogen) atoms. The van der Waals surface area contributed by atoms with Gasteiger partial charge in [0.25, 0.3) is 0 Å². The molecule has 1 heterocycles. The third kappa shape index (κ3) is 2.94. The first-order valence-electron chi connectivity index (χ1n) is 4.77. The van der Waals surface area contributed by atoms with Crippen LogP contribution in [0.5, 0.6) is 0 Å². The number of nitrogens with zero attached hydrogens (tertiary/aromatic N) is 2. The van der Waals surface area contributed by atoms with Gasteiger partial charge in [-0.1, -0.05) is 11.6 Å². The molecular weight excluding hydrogens is 226 g/mol. The van der Waals surface area contributed by atoms with Crippen molar-refractivity contribution in [1.82, 2.24) is 9.97 Å². The van der Waals surface area contributed by atoms with Crippen LogP contribution >= 0.6 is 11.6 Å². The number of carbonyl (C=O) groups is 1. The Labute approximate surface area is 99.4 Å². The van der Waals surface area contributed by atoms with E-state index in [9.17, 15) is 4.79 Å². The highest BCUT2D eigenvalue weighted by Gasteiger charge is 2.12. The molecule has 84 valence electrons. The van der Waals surface area contributed by atoms with E-state index in [0.29, 0.717) is 24.3 Å². The second-order valence-electron chi connectivity index (χ2n) is 3.40. The van der Waals surface area contributed by atoms with E-state index in [2.05, 4.69) is 21.2 Å². The van der Waals surface area contributed by atoms with Crippen LogP contribution in [0, 0.1) is 19.3 Å². The van der Waals surface area contributed by atoms with Crippen molar-refractivity contribution in [2.45, 2.75) is 26.3 Å². The van der Waals surface area contributed by atoms with E-state index in [4.69, 9.17) is 18.0 Å². The second-order valence-corrected chi connectivity index (χ2v) is 3.75. The van der Waals surface area contributed by atoms with Crippen molar-refractivity contribution < 1.29 is 4.79 Å². The first kappa shape index (κ1) is 12.5. The molecule has 0 saturated carbocycles. The molecule has 0 radical (unpaired) electrons. The number of terminal acetylenes is 1. The van der Waals surface area contributed by atoms with E-state index < -0.39 is 0 Å². The molecular formula is C11H12ClN3O. The summed E-state index contributed by atoms with van der Waals surface area (Å²) < 4.78 is 0. The van der Waals surface area contributed by atoms with Crippen LogP contribution in [0.3, 0.4) is 0 Å². The van der Waals surface area contributed by atoms with Crippen LogP contribution in [0.2, 0.25) is 5.15 Å². The summed E-state index contributed by atoms with van der Waals surface area (Å²) in [5.74, 6) is 3.46. The van der Waals surface area contributed by atoms with E-state index in [1.54, 1.807) is 6.92 Å². The normalized spacial score (nSPS) is 11.6. The van der Waals surface area contributed by atoms with Crippen molar-refractivity contribution >= 4 is 23.7 Å². The van der Waals surface area contributed by atoms with E-state index in [1.807, 2.05) is 6.92 Å². The topological polar surface area (TPSA) is 54.9 Å². The number of rotatable bonds is 4. The standard InChI is InChI=1S/C11H12ClN3O/c1-4-5-7(2)13-11-9(6-16)10(12)14-8(3)15-11/h1,6-7H,5H2,2-3H3,(H,13,14,15). The molecule has 0 amide bonds. The van der Waals surface area contributed by atoms with E-state index >= 15 is 0 Å². The molecule has 1 aromatic rings. The third-order valence-corrected chi connectivity index (χ3v) is 2.22. The van der Waals surface area contributed by atoms with Gasteiger partial charge in [-0.2, -0.15) is 0 Å². The van der Waals surface area contributed by atoms with Crippen molar-refractivity contribution in [2.24, 2.45) is 0 Å². The summed E-state index contributed by atoms with van der Waals surface area (Å²) in [6.45, 7) is 3.61. The summed E-state index contributed by atoms with van der Waals surface area (Å²) in [5, 5.41) is 3.19. The minimum atomic E-state index is 0.0223. The number of aldehydes is 1. The molecule has 1 unspecified atom stereocenters. The average Bonchev–Trinajstić information content (AvgIpc) is 2.17. The molecule has 1 N–H and O–H groups in total. The Kier molecular flexibility index (Phi) is 4.27. The number of hydrogen-bond donors (Lipinski definition) is 1. The molecule has 1 atom stereocenters. The Morgan fingerprint density at radius 1 is 1.62 bits per heavy atom. The van der Waals surface area contributed by atoms with Gasteiger partial charge in [-0.25, -0.2) is 9.97 Å². The molecule has 5 heteroatoms. The zero-order chi connectivity index (χ0) is 12.1. The maximum atomic E-state index is 10.9. The fourth-order valence-electron chi connectivity index (χ4n) is 1.22. The summed E-state index contributed by atoms with van der Waals surface area (Å²) in [7, 11) is 0. The molecule has 0 spiro atoms. The molecule has 0 fully saturated rings. The van der Waals surface area contributed by atoms with Gasteiger partial charge in [-0.3, -0.25) is 4.79 Å². The zero-order valence-corrected chi connectivity index (χ0v) is 9.88. The zero-order valence-electron chi connectivity index (χ0n) is 9.12. The lowest BCUT2D eigenvalue weighted by Crippen LogP contribution is -2.17. The number of nitrogens with one attached hydrogen (secondary N) is 1. The van der Waals surface area contributed by atoms with Crippen molar-refractivity contribution in [3.8, 4) is 12.3 Å². The lowest BCUT2D eigenvalue weighted by atomic mass is 10.2. The van der Waals surface area contributed by atoms with Gasteiger partial charge in [0.05, 0.1) is 5.56 Å². The van der Waals surface area contributed by atoms with Crippen LogP contribution in [0.25, 0.3) is 0 Å². The van der Waals surface area contributed by atoms with Crippen LogP contribution in [-0.2, 0) is 0 Å². The van der Waals surface area contributed by atoms with Crippen molar-refractivity contribution in [1.29, 1.82) is 0 Å². The summed E-state index contributed by atoms with van der Waals surface area (Å²) in [6.07, 6.45) is 6.37. The van der Waals surface area contributed by atoms with Crippen LogP contribution in [-0.4, -0.2) is 22.3 Å². The van der Waals surface area contributed by atoms with Crippen LogP contribution < -0.4 is 5.32 Å². The summed E-state index contributed by atoms with van der Waals surface area (Å²) in [5.41, 5.74) is 0.260. The SMILES string of the molecule is C#CCC(C)Nc1nc(C)nc(Cl)c1C=O. The number of aromatic nitrogens is 2. The van der Waals surface area contributed by atoms with Crippen LogP contribution in [0.15, 0.2) is 0 Å². The highest BCUT2D eigenvalue weighted by molar-refractivity contribution is 6.32. The lowest BCUT2D eigenvalue weighted by Gasteiger charge is -2.14. The molecule has 0 aliphatic heterocycles. The van der Waals surface area contributed by atoms with Gasteiger partial charge in [-0.15, -0.1) is 12.3 Å². The minimum Gasteiger partial charge on any atom is -0.366 e. The van der Waals surface area contributed by atoms with Crippen molar-refractivity contribution in [2.75, 3.05) is 5.32 Å². The van der Waals surface area contributed by atoms with Crippen molar-refractivity contribution in [3.63, 3.8) is 0 Å². The second kappa shape index (κ2) is 5.47. The highest BCUT2D eigenvalue weighted by Crippen LogP contribution is 2.19. The minimum absolute atomic E-state index is 0.0223. The van der Waals surface area contributed by atoms with Gasteiger partial charge in [0.15, 0.2) is 6.29 Å². The summed E-state index contributed by atoms with van der Waals surface area (Å²) >= 11 is 5.83. The van der Waals surface area contributed by atoms with Gasteiger partial charge in [0, 0.05) is 12.5 Å². The summed E-state index contributed by atoms with van der Waals surface area (Å²) in [4.78, 5) is 18.9. The maximum absolute atomic E-state index is 10.9. The van der Waals surface area contributed by atoms with Gasteiger partial charge < -0.3 is 5.32 Å². The number of aryl methyl sites for hydroxylation is 1. The first-order valence-corrected chi connectivity index (χ1v) is 5.15. The van der Waals surface area contributed by atoms with Crippen LogP contribution in [0.4, 0.5) is 5.82 Å². The number of hydrogen-bond acceptors (Lipinski definition) is 4. The van der Waals surface area contributed by atoms with Crippen molar-refractivity contribution in [3.05, 3.63) is 16.5 Å². The smallest absolute Gasteiger partial charge is 0.156 e. The molecule has 0 saturated heterocycles. The highest BCUT2D eigenvalue weighted by atomic mass is 35.5. The van der Waals surface area contributed by atoms with Gasteiger partial charge in [0.1, 0.15) is 16.8 Å². The lowest BCUT2D eigenvalue weighted by molar-refractivity contribution is 0.112. The Morgan fingerprint density at radius 2 is 2.31 bits per heavy atom. The Balaban J connectivity index is 3.03. The third-order valence-electron chi connectivity index (χ3n) is 1.94. The molecule has 0 aromatic carbocycles. The Hall–Kier alpha value is -1.60. The number of carbonyl (C=O) groups excluding carboxylic acids is 1. The quantitative estimate of drug-likeness (QED) is 0.495. The monoisotopic (exact) mass is 237 g/mol. The number of anilines is 1. The van der Waals surface area contributed by atoms with Gasteiger partial charge in [-0.05, 0) is 13.8 Å². The average molecular weight is 238 g/mol. The number of halogens is 1. The molecule has 0 aliphatic carbocycles. The first-order chi connectivity index (χ1) is 7.58. The fraction of sp³-hybridized carbons (Fsp3) is 0.364. The molecule has 1 rings (SSSR count). The van der Waals surface area contributed by atoms with Crippen LogP contribution in [0.1, 0.15) is 29.5 Å². The van der Waals surface area contributed by atoms with E-state index in [0.717, 1.165) is 0 Å². The fourth-order valence-corrected chi connectivity index (χ4v) is 1.48. The van der Waals surface area contributed by atoms with Gasteiger partial charge in [0.2, 0.25) is 0 Å². The molecule has 4 nitrogen and oxygen atoms in total. The summed E-state index contributed by atoms with van der Waals surface area (Å²) in [6, 6.07) is 0.0223. The maximum Gasteiger partial charge on any atom is 0.156 e. The molecule has 0 bridgehead atoms. The van der Waals surface area contributed by atoms with E-state index in [1.165, 1.54) is 0 Å². The van der Waals surface area contributed by atoms with E-state index in [-0.39, 0.29) is 16.8 Å².